The molecule has 0 bridgehead atoms. The molecule has 5 aromatic rings. The van der Waals surface area contributed by atoms with Gasteiger partial charge >= 0.3 is 6.09 Å². The number of nitro groups is 2. The Morgan fingerprint density at radius 1 is 0.821 bits per heavy atom. The molecule has 0 aromatic heterocycles. The van der Waals surface area contributed by atoms with Crippen molar-refractivity contribution in [2.24, 2.45) is 22.9 Å². The number of fused-ring (bicyclic) bond motifs is 3. The topological polar surface area (TPSA) is 244 Å². The van der Waals surface area contributed by atoms with E-state index in [1.54, 1.807) is 59.5 Å². The fraction of sp³-hybridized carbons (Fsp3) is 0.339. The second-order valence-corrected chi connectivity index (χ2v) is 19.5. The Bertz CT molecular complexity index is 3060. The molecular formula is C59H61N5O14. The van der Waals surface area contributed by atoms with Crippen molar-refractivity contribution in [2.75, 3.05) is 26.6 Å². The van der Waals surface area contributed by atoms with Gasteiger partial charge in [-0.3, -0.25) is 25.0 Å². The molecule has 19 nitrogen and oxygen atoms in total. The number of nitrogens with one attached hydrogen (secondary N) is 1. The number of benzene rings is 5. The zero-order valence-electron chi connectivity index (χ0n) is 42.9. The number of hydrogen-bond donors (Lipinski definition) is 3. The monoisotopic (exact) mass is 1060 g/mol. The van der Waals surface area contributed by atoms with Gasteiger partial charge in [0, 0.05) is 74.5 Å². The Morgan fingerprint density at radius 3 is 2.23 bits per heavy atom. The highest BCUT2D eigenvalue weighted by Crippen LogP contribution is 2.62. The number of rotatable bonds is 24. The van der Waals surface area contributed by atoms with Crippen molar-refractivity contribution in [2.45, 2.75) is 82.4 Å². The van der Waals surface area contributed by atoms with Crippen molar-refractivity contribution in [3.8, 4) is 23.0 Å². The number of oxime groups is 1. The summed E-state index contributed by atoms with van der Waals surface area (Å²) in [5, 5.41) is 51.0. The lowest BCUT2D eigenvalue weighted by Crippen LogP contribution is -2.70. The first kappa shape index (κ1) is 54.4. The number of carbonyl (C=O) groups excluding carboxylic acids is 2. The van der Waals surface area contributed by atoms with Gasteiger partial charge in [0.15, 0.2) is 11.5 Å². The van der Waals surface area contributed by atoms with E-state index < -0.39 is 45.5 Å². The van der Waals surface area contributed by atoms with E-state index in [1.807, 2.05) is 48.5 Å². The lowest BCUT2D eigenvalue weighted by molar-refractivity contribution is -0.385. The third-order valence-electron chi connectivity index (χ3n) is 14.7. The Morgan fingerprint density at radius 2 is 1.51 bits per heavy atom. The minimum atomic E-state index is -1.69. The number of aliphatic hydroxyl groups is 2. The number of ether oxygens (including phenoxy) is 5. The number of nitrogens with zero attached hydrogens (tertiary/aromatic N) is 4. The van der Waals surface area contributed by atoms with Gasteiger partial charge in [0.05, 0.1) is 28.1 Å². The molecule has 406 valence electrons. The second kappa shape index (κ2) is 25.2. The molecule has 0 radical (unpaired) electrons. The molecule has 5 aromatic carbocycles. The molecule has 78 heavy (non-hydrogen) atoms. The fourth-order valence-electron chi connectivity index (χ4n) is 11.1. The first-order valence-electron chi connectivity index (χ1n) is 26.0. The number of allylic oxidation sites excluding steroid dienone is 1. The molecule has 1 fully saturated rings. The summed E-state index contributed by atoms with van der Waals surface area (Å²) in [6, 6.07) is 30.9. The highest BCUT2D eigenvalue weighted by Gasteiger charge is 2.65. The molecule has 4 aliphatic rings. The molecule has 9 rings (SSSR count). The predicted molar refractivity (Wildman–Crippen MR) is 287 cm³/mol. The van der Waals surface area contributed by atoms with Crippen molar-refractivity contribution in [3.63, 3.8) is 0 Å². The first-order chi connectivity index (χ1) is 38.0. The molecule has 6 unspecified atom stereocenters. The number of non-ortho nitro benzene ring substituents is 2. The Balaban J connectivity index is 1.21. The minimum Gasteiger partial charge on any atom is -0.459 e. The molecule has 2 aliphatic heterocycles. The third-order valence-corrected chi connectivity index (χ3v) is 14.7. The third kappa shape index (κ3) is 12.4. The van der Waals surface area contributed by atoms with Gasteiger partial charge in [-0.15, -0.1) is 6.58 Å². The average Bonchev–Trinajstić information content (AvgIpc) is 3.77. The number of hydrogen-bond acceptors (Lipinski definition) is 15. The maximum Gasteiger partial charge on any atom is 0.412 e. The maximum absolute atomic E-state index is 15.4. The van der Waals surface area contributed by atoms with Gasteiger partial charge in [-0.05, 0) is 126 Å². The summed E-state index contributed by atoms with van der Waals surface area (Å²) < 4.78 is 32.0. The van der Waals surface area contributed by atoms with Crippen molar-refractivity contribution in [3.05, 3.63) is 194 Å². The summed E-state index contributed by atoms with van der Waals surface area (Å²) in [5.41, 5.74) is 4.48. The second-order valence-electron chi connectivity index (χ2n) is 19.5. The van der Waals surface area contributed by atoms with Gasteiger partial charge in [-0.25, -0.2) is 4.79 Å². The smallest absolute Gasteiger partial charge is 0.412 e. The van der Waals surface area contributed by atoms with Gasteiger partial charge in [0.25, 0.3) is 11.4 Å². The summed E-state index contributed by atoms with van der Waals surface area (Å²) in [7, 11) is 0. The highest BCUT2D eigenvalue weighted by molar-refractivity contribution is 6.03. The van der Waals surface area contributed by atoms with E-state index in [0.29, 0.717) is 78.2 Å². The molecule has 19 heteroatoms. The molecule has 1 saturated carbocycles. The van der Waals surface area contributed by atoms with E-state index in [0.717, 1.165) is 16.7 Å². The summed E-state index contributed by atoms with van der Waals surface area (Å²) in [4.78, 5) is 58.9. The van der Waals surface area contributed by atoms with Gasteiger partial charge in [0.1, 0.15) is 24.1 Å². The quantitative estimate of drug-likeness (QED) is 0.0171. The van der Waals surface area contributed by atoms with Crippen LogP contribution >= 0.6 is 0 Å². The van der Waals surface area contributed by atoms with E-state index in [1.165, 1.54) is 30.3 Å². The number of unbranched alkanes of at least 4 members (excludes halogenated alkanes) is 2. The molecule has 0 saturated heterocycles. The van der Waals surface area contributed by atoms with Gasteiger partial charge < -0.3 is 49.0 Å². The van der Waals surface area contributed by atoms with Crippen LogP contribution in [0.5, 0.6) is 23.0 Å². The highest BCUT2D eigenvalue weighted by atomic mass is 16.7. The van der Waals surface area contributed by atoms with Crippen molar-refractivity contribution < 1.29 is 58.2 Å². The normalized spacial score (nSPS) is 21.1. The lowest BCUT2D eigenvalue weighted by atomic mass is 9.55. The van der Waals surface area contributed by atoms with Crippen LogP contribution in [0.1, 0.15) is 78.7 Å². The van der Waals surface area contributed by atoms with E-state index >= 15 is 4.79 Å². The molecule has 0 spiro atoms. The van der Waals surface area contributed by atoms with Crippen molar-refractivity contribution in [1.82, 2.24) is 10.2 Å². The fourth-order valence-corrected chi connectivity index (χ4v) is 11.1. The van der Waals surface area contributed by atoms with Gasteiger partial charge in [-0.2, -0.15) is 0 Å². The lowest BCUT2D eigenvalue weighted by Gasteiger charge is -2.60. The van der Waals surface area contributed by atoms with Crippen LogP contribution in [0.15, 0.2) is 151 Å². The van der Waals surface area contributed by atoms with Crippen molar-refractivity contribution in [1.29, 1.82) is 0 Å². The van der Waals surface area contributed by atoms with E-state index in [9.17, 15) is 35.2 Å². The molecule has 2 heterocycles. The van der Waals surface area contributed by atoms with Crippen LogP contribution in [-0.2, 0) is 34.1 Å². The standard InChI is InChI=1S/C59H61N5O14/c1-2-30-75-59-54(62(36-42-18-25-52-53(31-42)74-38-73-52)55(67)27-19-39-14-20-44(21-15-39)63(69)70)34-50(61-76-37-41-16-22-45(23-17-41)64(71)72)48-32-43(12-6-8-28-65)47(13-7-9-29-66)56(57(48)59)49-33-46(24-26-51(49)78-59)77-58(68)60-35-40-10-4-3-5-11-40/h2-5,10-11,14-27,31-33,43,47,54,56-57,65-66H,1,6-9,12-13,28-30,34-38H2,(H,60,68). The number of carbonyl (C=O) groups is 2. The number of amides is 2. The minimum absolute atomic E-state index is 0.00345. The van der Waals surface area contributed by atoms with Crippen LogP contribution < -0.4 is 24.3 Å². The number of aliphatic hydroxyl groups excluding tert-OH is 2. The summed E-state index contributed by atoms with van der Waals surface area (Å²) in [6.07, 6.45) is 9.90. The van der Waals surface area contributed by atoms with Crippen LogP contribution in [0.2, 0.25) is 0 Å². The molecule has 3 N–H and O–H groups in total. The molecular weight excluding hydrogens is 1000 g/mol. The van der Waals surface area contributed by atoms with E-state index in [4.69, 9.17) is 33.7 Å². The van der Waals surface area contributed by atoms with Crippen LogP contribution in [0, 0.1) is 38.0 Å². The first-order valence-corrected chi connectivity index (χ1v) is 26.0. The van der Waals surface area contributed by atoms with Crippen LogP contribution in [0.4, 0.5) is 16.2 Å². The van der Waals surface area contributed by atoms with E-state index in [-0.39, 0.29) is 81.7 Å². The summed E-state index contributed by atoms with van der Waals surface area (Å²) in [6.45, 7) is 4.20. The van der Waals surface area contributed by atoms with Crippen LogP contribution in [0.3, 0.4) is 0 Å². The van der Waals surface area contributed by atoms with Gasteiger partial charge in [0.2, 0.25) is 18.5 Å². The SMILES string of the molecule is C=CCOC12Oc3ccc(OC(=O)NCc4ccccc4)cc3C3C(CCCCO)C(CCCCO)C=C(C(=NOCc4ccc([N+](=O)[O-])cc4)CC1N(Cc1ccc4c(c1)OCO4)C(=O)C=Cc1ccc([N+](=O)[O-])cc1)C32. The summed E-state index contributed by atoms with van der Waals surface area (Å²) in [5.74, 6) is -1.95. The average molecular weight is 1060 g/mol. The van der Waals surface area contributed by atoms with Gasteiger partial charge in [-0.1, -0.05) is 66.5 Å². The van der Waals surface area contributed by atoms with Crippen LogP contribution in [0.25, 0.3) is 6.08 Å². The Labute approximate surface area is 450 Å². The molecule has 2 aliphatic carbocycles. The maximum atomic E-state index is 15.4. The van der Waals surface area contributed by atoms with E-state index in [2.05, 4.69) is 18.0 Å². The summed E-state index contributed by atoms with van der Waals surface area (Å²) >= 11 is 0. The Kier molecular flexibility index (Phi) is 17.6. The predicted octanol–water partition coefficient (Wildman–Crippen LogP) is 10.1. The Hall–Kier alpha value is -8.39. The zero-order valence-corrected chi connectivity index (χ0v) is 42.9. The molecule has 6 atom stereocenters. The largest absolute Gasteiger partial charge is 0.459 e. The zero-order chi connectivity index (χ0) is 54.6. The van der Waals surface area contributed by atoms with Crippen LogP contribution in [-0.4, -0.2) is 81.1 Å². The van der Waals surface area contributed by atoms with Crippen molar-refractivity contribution >= 4 is 35.2 Å². The number of nitro benzene ring substituents is 2. The molecule has 2 amide bonds.